The number of terminal acetylenes is 1. The van der Waals surface area contributed by atoms with Gasteiger partial charge in [-0.25, -0.2) is 0 Å². The Balaban J connectivity index is -0.00000109. The van der Waals surface area contributed by atoms with E-state index >= 15 is 0 Å². The zero-order valence-corrected chi connectivity index (χ0v) is 30.6. The van der Waals surface area contributed by atoms with Gasteiger partial charge in [-0.2, -0.15) is 0 Å². The monoisotopic (exact) mass is 635 g/mol. The average Bonchev–Trinajstić information content (AvgIpc) is 3.51. The first-order valence-electron chi connectivity index (χ1n) is 16.5. The number of ether oxygens (including phenoxy) is 1. The molecule has 0 aliphatic carbocycles. The third-order valence-electron chi connectivity index (χ3n) is 7.65. The SMILES string of the molecule is C#C.C=CC.C=CC=C=C(O/C(C=C)=C(/C/C=C\C)C(C)C(C)CCN(CC)CCCC=C)/C(C)=C\C.CC(=O)N1CCC(O)C1. The normalized spacial score (nSPS) is 15.6. The first-order chi connectivity index (χ1) is 22.0. The lowest BCUT2D eigenvalue weighted by Gasteiger charge is -2.27. The van der Waals surface area contributed by atoms with Crippen molar-refractivity contribution in [2.45, 2.75) is 93.6 Å². The molecule has 0 aromatic heterocycles. The molecule has 0 saturated carbocycles. The number of hydrogen-bond acceptors (Lipinski definition) is 4. The third kappa shape index (κ3) is 22.0. The Hall–Kier alpha value is -3.55. The quantitative estimate of drug-likeness (QED) is 0.0432. The number of carbonyl (C=O) groups excluding carboxylic acids is 1. The highest BCUT2D eigenvalue weighted by atomic mass is 16.5. The second-order valence-corrected chi connectivity index (χ2v) is 11.1. The van der Waals surface area contributed by atoms with Gasteiger partial charge in [0, 0.05) is 20.0 Å². The van der Waals surface area contributed by atoms with Gasteiger partial charge >= 0.3 is 0 Å². The number of nitrogens with zero attached hydrogens (tertiary/aromatic N) is 2. The summed E-state index contributed by atoms with van der Waals surface area (Å²) in [5.74, 6) is 2.51. The number of likely N-dealkylation sites (tertiary alicyclic amines) is 1. The number of aliphatic hydroxyl groups is 1. The van der Waals surface area contributed by atoms with E-state index in [0.717, 1.165) is 63.2 Å². The zero-order valence-electron chi connectivity index (χ0n) is 30.6. The van der Waals surface area contributed by atoms with Crippen LogP contribution in [0.5, 0.6) is 0 Å². The molecule has 1 fully saturated rings. The summed E-state index contributed by atoms with van der Waals surface area (Å²) in [4.78, 5) is 14.8. The van der Waals surface area contributed by atoms with Crippen molar-refractivity contribution in [1.82, 2.24) is 9.80 Å². The number of carbonyl (C=O) groups is 1. The Kier molecular flexibility index (Phi) is 32.0. The molecule has 0 aromatic rings. The maximum atomic E-state index is 10.6. The molecule has 258 valence electrons. The summed E-state index contributed by atoms with van der Waals surface area (Å²) < 4.78 is 6.36. The smallest absolute Gasteiger partial charge is 0.219 e. The molecule has 1 amide bonds. The van der Waals surface area contributed by atoms with Gasteiger partial charge in [-0.15, -0.1) is 26.0 Å². The predicted octanol–water partition coefficient (Wildman–Crippen LogP) is 9.59. The standard InChI is InChI=1S/C30H47NO.C6H11NO2.C3H6.C2H2/c1-10-16-19-23-31(15-6)24-22-26(8)27(9)28(20-17-11-2)29(14-5)32-30(21-18-12-3)25(7)13-4;1-5(8)7-3-2-6(9)4-7;1-3-2;1-2/h10-14,17-18,26-27H,1,3,5,15-16,19-20,22-24H2,2,4,6-9H3;6,9H,2-4H2,1H3;3H,1H2,2H3;1-2H/b17-11-,25-13-,29-28-;;;. The molecule has 5 heteroatoms. The van der Waals surface area contributed by atoms with E-state index in [-0.39, 0.29) is 12.0 Å². The molecule has 1 aliphatic rings. The first kappa shape index (κ1) is 46.9. The molecule has 0 spiro atoms. The van der Waals surface area contributed by atoms with Gasteiger partial charge in [0.1, 0.15) is 5.76 Å². The second kappa shape index (κ2) is 31.4. The van der Waals surface area contributed by atoms with Crippen molar-refractivity contribution in [2.24, 2.45) is 11.8 Å². The van der Waals surface area contributed by atoms with E-state index in [2.05, 4.69) is 89.6 Å². The van der Waals surface area contributed by atoms with Crippen LogP contribution < -0.4 is 0 Å². The summed E-state index contributed by atoms with van der Waals surface area (Å²) in [6.45, 7) is 36.0. The molecular weight excluding hydrogens is 568 g/mol. The maximum Gasteiger partial charge on any atom is 0.219 e. The number of unbranched alkanes of at least 4 members (excludes halogenated alkanes) is 1. The van der Waals surface area contributed by atoms with Gasteiger partial charge in [0.25, 0.3) is 0 Å². The van der Waals surface area contributed by atoms with E-state index in [1.54, 1.807) is 23.1 Å². The highest BCUT2D eigenvalue weighted by Crippen LogP contribution is 2.31. The number of aliphatic hydroxyl groups excluding tert-OH is 1. The molecule has 1 saturated heterocycles. The minimum absolute atomic E-state index is 0.0616. The Morgan fingerprint density at radius 2 is 1.76 bits per heavy atom. The third-order valence-corrected chi connectivity index (χ3v) is 7.65. The van der Waals surface area contributed by atoms with Crippen LogP contribution in [0.1, 0.15) is 87.5 Å². The molecular formula is C41H66N2O3. The molecule has 1 rings (SSSR count). The molecule has 3 atom stereocenters. The van der Waals surface area contributed by atoms with E-state index in [1.807, 2.05) is 39.0 Å². The van der Waals surface area contributed by atoms with Crippen LogP contribution in [0.4, 0.5) is 0 Å². The van der Waals surface area contributed by atoms with Gasteiger partial charge in [-0.1, -0.05) is 76.1 Å². The van der Waals surface area contributed by atoms with Crippen molar-refractivity contribution in [1.29, 1.82) is 0 Å². The maximum absolute atomic E-state index is 10.6. The number of rotatable bonds is 17. The van der Waals surface area contributed by atoms with Crippen molar-refractivity contribution in [3.8, 4) is 12.8 Å². The van der Waals surface area contributed by atoms with Crippen LogP contribution in [0.15, 0.2) is 103 Å². The van der Waals surface area contributed by atoms with E-state index in [1.165, 1.54) is 18.9 Å². The summed E-state index contributed by atoms with van der Waals surface area (Å²) >= 11 is 0. The van der Waals surface area contributed by atoms with E-state index < -0.39 is 0 Å². The summed E-state index contributed by atoms with van der Waals surface area (Å²) in [5, 5.41) is 8.95. The van der Waals surface area contributed by atoms with Crippen molar-refractivity contribution in [3.63, 3.8) is 0 Å². The Morgan fingerprint density at radius 3 is 2.17 bits per heavy atom. The van der Waals surface area contributed by atoms with Gasteiger partial charge in [0.15, 0.2) is 5.76 Å². The molecule has 5 nitrogen and oxygen atoms in total. The summed E-state index contributed by atoms with van der Waals surface area (Å²) in [7, 11) is 0. The van der Waals surface area contributed by atoms with Gasteiger partial charge in [0.2, 0.25) is 5.91 Å². The van der Waals surface area contributed by atoms with Crippen LogP contribution >= 0.6 is 0 Å². The summed E-state index contributed by atoms with van der Waals surface area (Å²) in [6.07, 6.45) is 28.2. The summed E-state index contributed by atoms with van der Waals surface area (Å²) in [6, 6.07) is 0. The summed E-state index contributed by atoms with van der Waals surface area (Å²) in [5.41, 5.74) is 5.52. The van der Waals surface area contributed by atoms with Gasteiger partial charge < -0.3 is 19.6 Å². The first-order valence-corrected chi connectivity index (χ1v) is 16.5. The van der Waals surface area contributed by atoms with Gasteiger partial charge in [0.05, 0.1) is 6.10 Å². The van der Waals surface area contributed by atoms with Crippen LogP contribution in [0.3, 0.4) is 0 Å². The number of amides is 1. The average molecular weight is 635 g/mol. The van der Waals surface area contributed by atoms with Crippen LogP contribution in [-0.4, -0.2) is 59.6 Å². The number of β-amino-alcohol motifs (C(OH)–C–C–N with tert-alkyl or cyclic N) is 1. The van der Waals surface area contributed by atoms with Crippen LogP contribution in [0.25, 0.3) is 0 Å². The Morgan fingerprint density at radius 1 is 1.13 bits per heavy atom. The Labute approximate surface area is 284 Å². The molecule has 46 heavy (non-hydrogen) atoms. The van der Waals surface area contributed by atoms with Crippen molar-refractivity contribution >= 4 is 5.91 Å². The van der Waals surface area contributed by atoms with Crippen LogP contribution in [0.2, 0.25) is 0 Å². The molecule has 0 bridgehead atoms. The highest BCUT2D eigenvalue weighted by molar-refractivity contribution is 5.73. The highest BCUT2D eigenvalue weighted by Gasteiger charge is 2.22. The number of allylic oxidation sites excluding steroid dienone is 9. The van der Waals surface area contributed by atoms with E-state index in [4.69, 9.17) is 9.84 Å². The fraction of sp³-hybridized carbons (Fsp3) is 0.512. The lowest BCUT2D eigenvalue weighted by atomic mass is 9.84. The fourth-order valence-electron chi connectivity index (χ4n) is 4.49. The largest absolute Gasteiger partial charge is 0.449 e. The van der Waals surface area contributed by atoms with E-state index in [0.29, 0.717) is 24.1 Å². The van der Waals surface area contributed by atoms with Crippen molar-refractivity contribution in [2.75, 3.05) is 32.7 Å². The molecule has 0 radical (unpaired) electrons. The molecule has 3 unspecified atom stereocenters. The van der Waals surface area contributed by atoms with E-state index in [9.17, 15) is 4.79 Å². The second-order valence-electron chi connectivity index (χ2n) is 11.1. The molecule has 1 aliphatic heterocycles. The predicted molar refractivity (Wildman–Crippen MR) is 202 cm³/mol. The topological polar surface area (TPSA) is 53.0 Å². The van der Waals surface area contributed by atoms with Gasteiger partial charge in [-0.3, -0.25) is 4.79 Å². The molecule has 0 aromatic carbocycles. The van der Waals surface area contributed by atoms with Gasteiger partial charge in [-0.05, 0) is 115 Å². The van der Waals surface area contributed by atoms with Crippen molar-refractivity contribution in [3.05, 3.63) is 103 Å². The molecule has 1 heterocycles. The Bertz CT molecular complexity index is 1050. The lowest BCUT2D eigenvalue weighted by Crippen LogP contribution is -2.28. The fourth-order valence-corrected chi connectivity index (χ4v) is 4.49. The minimum Gasteiger partial charge on any atom is -0.449 e. The lowest BCUT2D eigenvalue weighted by molar-refractivity contribution is -0.128. The zero-order chi connectivity index (χ0) is 35.9. The van der Waals surface area contributed by atoms with Crippen molar-refractivity contribution < 1.29 is 14.6 Å². The minimum atomic E-state index is -0.283. The number of hydrogen-bond donors (Lipinski definition) is 1. The van der Waals surface area contributed by atoms with Crippen LogP contribution in [-0.2, 0) is 9.53 Å². The van der Waals surface area contributed by atoms with Crippen LogP contribution in [0, 0.1) is 24.7 Å². The molecule has 1 N–H and O–H groups in total.